The number of nitrogens with one attached hydrogen (secondary N) is 1. The Kier molecular flexibility index (Phi) is 5.71. The van der Waals surface area contributed by atoms with Crippen LogP contribution in [-0.4, -0.2) is 22.6 Å². The smallest absolute Gasteiger partial charge is 0.283 e. The fourth-order valence-electron chi connectivity index (χ4n) is 1.83. The van der Waals surface area contributed by atoms with Crippen molar-refractivity contribution in [3.63, 3.8) is 0 Å². The number of rotatable bonds is 6. The molecule has 8 heteroatoms. The number of benzene rings is 2. The van der Waals surface area contributed by atoms with Crippen LogP contribution >= 0.6 is 11.6 Å². The standard InChI is InChI=1S/C17H16ClN3O4/c1-17(2,25-15-9-5-13(18)6-10-15)16(22)20-19-11-12-3-7-14(8-4-12)21(23)24/h3-11H,1-2H3,(H,20,22). The van der Waals surface area contributed by atoms with Gasteiger partial charge in [-0.1, -0.05) is 11.6 Å². The van der Waals surface area contributed by atoms with E-state index in [9.17, 15) is 14.9 Å². The number of non-ortho nitro benzene ring substituents is 1. The zero-order valence-electron chi connectivity index (χ0n) is 13.6. The second kappa shape index (κ2) is 7.76. The molecule has 0 unspecified atom stereocenters. The Morgan fingerprint density at radius 2 is 1.80 bits per heavy atom. The van der Waals surface area contributed by atoms with Crippen molar-refractivity contribution in [1.29, 1.82) is 0 Å². The highest BCUT2D eigenvalue weighted by Gasteiger charge is 2.29. The maximum absolute atomic E-state index is 12.2. The number of hydrogen-bond donors (Lipinski definition) is 1. The van der Waals surface area contributed by atoms with Crippen LogP contribution in [0.4, 0.5) is 5.69 Å². The Hall–Kier alpha value is -2.93. The largest absolute Gasteiger partial charge is 0.478 e. The summed E-state index contributed by atoms with van der Waals surface area (Å²) in [6.07, 6.45) is 1.39. The van der Waals surface area contributed by atoms with Crippen LogP contribution in [0, 0.1) is 10.1 Å². The minimum atomic E-state index is -1.15. The lowest BCUT2D eigenvalue weighted by Gasteiger charge is -2.24. The third-order valence-electron chi connectivity index (χ3n) is 3.22. The van der Waals surface area contributed by atoms with Gasteiger partial charge in [0.15, 0.2) is 5.60 Å². The molecule has 0 spiro atoms. The fraction of sp³-hybridized carbons (Fsp3) is 0.176. The van der Waals surface area contributed by atoms with Crippen molar-refractivity contribution < 1.29 is 14.5 Å². The Bertz CT molecular complexity index is 787. The summed E-state index contributed by atoms with van der Waals surface area (Å²) in [5.41, 5.74) is 1.83. The first kappa shape index (κ1) is 18.4. The summed E-state index contributed by atoms with van der Waals surface area (Å²) in [7, 11) is 0. The molecule has 0 atom stereocenters. The van der Waals surface area contributed by atoms with Crippen LogP contribution < -0.4 is 10.2 Å². The summed E-state index contributed by atoms with van der Waals surface area (Å²) < 4.78 is 5.64. The van der Waals surface area contributed by atoms with E-state index >= 15 is 0 Å². The molecule has 130 valence electrons. The number of carbonyl (C=O) groups is 1. The minimum Gasteiger partial charge on any atom is -0.478 e. The van der Waals surface area contributed by atoms with Crippen molar-refractivity contribution in [3.05, 3.63) is 69.2 Å². The van der Waals surface area contributed by atoms with E-state index in [0.717, 1.165) is 0 Å². The zero-order valence-corrected chi connectivity index (χ0v) is 14.4. The molecule has 0 radical (unpaired) electrons. The number of nitro groups is 1. The van der Waals surface area contributed by atoms with Crippen LogP contribution in [0.2, 0.25) is 5.02 Å². The highest BCUT2D eigenvalue weighted by molar-refractivity contribution is 6.30. The van der Waals surface area contributed by atoms with Gasteiger partial charge in [0.1, 0.15) is 5.75 Å². The first-order chi connectivity index (χ1) is 11.8. The molecule has 0 heterocycles. The molecule has 0 aliphatic heterocycles. The predicted octanol–water partition coefficient (Wildman–Crippen LogP) is 3.56. The van der Waals surface area contributed by atoms with Gasteiger partial charge in [-0.15, -0.1) is 0 Å². The molecule has 2 aromatic carbocycles. The molecule has 0 aliphatic rings. The minimum absolute atomic E-state index is 0.0151. The zero-order chi connectivity index (χ0) is 18.4. The summed E-state index contributed by atoms with van der Waals surface area (Å²) in [5.74, 6) is 0.0597. The average Bonchev–Trinajstić information content (AvgIpc) is 2.57. The molecular weight excluding hydrogens is 346 g/mol. The quantitative estimate of drug-likeness (QED) is 0.483. The molecule has 0 aromatic heterocycles. The second-order valence-electron chi connectivity index (χ2n) is 5.61. The first-order valence-electron chi connectivity index (χ1n) is 7.30. The molecule has 7 nitrogen and oxygen atoms in total. The lowest BCUT2D eigenvalue weighted by atomic mass is 10.1. The van der Waals surface area contributed by atoms with Gasteiger partial charge in [0.2, 0.25) is 0 Å². The number of amides is 1. The summed E-state index contributed by atoms with van der Waals surface area (Å²) in [6, 6.07) is 12.4. The van der Waals surface area contributed by atoms with E-state index in [1.807, 2.05) is 0 Å². The van der Waals surface area contributed by atoms with E-state index in [-0.39, 0.29) is 5.69 Å². The van der Waals surface area contributed by atoms with Gasteiger partial charge < -0.3 is 4.74 Å². The lowest BCUT2D eigenvalue weighted by molar-refractivity contribution is -0.384. The topological polar surface area (TPSA) is 93.8 Å². The second-order valence-corrected chi connectivity index (χ2v) is 6.05. The molecule has 0 saturated carbocycles. The van der Waals surface area contributed by atoms with E-state index in [2.05, 4.69) is 10.5 Å². The number of carbonyl (C=O) groups excluding carboxylic acids is 1. The molecule has 2 aromatic rings. The van der Waals surface area contributed by atoms with E-state index < -0.39 is 16.4 Å². The summed E-state index contributed by atoms with van der Waals surface area (Å²) in [4.78, 5) is 22.3. The lowest BCUT2D eigenvalue weighted by Crippen LogP contribution is -2.44. The molecule has 0 bridgehead atoms. The van der Waals surface area contributed by atoms with E-state index in [0.29, 0.717) is 16.3 Å². The summed E-state index contributed by atoms with van der Waals surface area (Å²) >= 11 is 5.81. The van der Waals surface area contributed by atoms with Gasteiger partial charge in [0.05, 0.1) is 11.1 Å². The fourth-order valence-corrected chi connectivity index (χ4v) is 1.95. The van der Waals surface area contributed by atoms with Gasteiger partial charge in [0.25, 0.3) is 11.6 Å². The molecule has 0 saturated heterocycles. The summed E-state index contributed by atoms with van der Waals surface area (Å²) in [5, 5.41) is 15.0. The predicted molar refractivity (Wildman–Crippen MR) is 95.0 cm³/mol. The number of hydrazone groups is 1. The van der Waals surface area contributed by atoms with Crippen molar-refractivity contribution in [3.8, 4) is 5.75 Å². The normalized spacial score (nSPS) is 11.3. The Morgan fingerprint density at radius 1 is 1.20 bits per heavy atom. The van der Waals surface area contributed by atoms with Crippen LogP contribution in [0.3, 0.4) is 0 Å². The molecule has 1 amide bonds. The van der Waals surface area contributed by atoms with Crippen LogP contribution in [0.1, 0.15) is 19.4 Å². The molecular formula is C17H16ClN3O4. The number of nitro benzene ring substituents is 1. The van der Waals surface area contributed by atoms with Gasteiger partial charge in [0, 0.05) is 17.2 Å². The number of nitrogens with zero attached hydrogens (tertiary/aromatic N) is 2. The number of ether oxygens (including phenoxy) is 1. The van der Waals surface area contributed by atoms with E-state index in [1.54, 1.807) is 38.1 Å². The monoisotopic (exact) mass is 361 g/mol. The van der Waals surface area contributed by atoms with Crippen molar-refractivity contribution in [2.24, 2.45) is 5.10 Å². The highest BCUT2D eigenvalue weighted by atomic mass is 35.5. The summed E-state index contributed by atoms with van der Waals surface area (Å²) in [6.45, 7) is 3.22. The van der Waals surface area contributed by atoms with E-state index in [1.165, 1.54) is 30.5 Å². The molecule has 2 rings (SSSR count). The Labute approximate surface area is 149 Å². The third kappa shape index (κ3) is 5.29. The maximum Gasteiger partial charge on any atom is 0.283 e. The van der Waals surface area contributed by atoms with Crippen LogP contribution in [0.5, 0.6) is 5.75 Å². The molecule has 25 heavy (non-hydrogen) atoms. The van der Waals surface area contributed by atoms with Crippen LogP contribution in [-0.2, 0) is 4.79 Å². The van der Waals surface area contributed by atoms with Crippen molar-refractivity contribution in [1.82, 2.24) is 5.43 Å². The average molecular weight is 362 g/mol. The van der Waals surface area contributed by atoms with Crippen molar-refractivity contribution in [2.75, 3.05) is 0 Å². The van der Waals surface area contributed by atoms with Crippen LogP contribution in [0.15, 0.2) is 53.6 Å². The van der Waals surface area contributed by atoms with Gasteiger partial charge in [-0.2, -0.15) is 5.10 Å². The highest BCUT2D eigenvalue weighted by Crippen LogP contribution is 2.21. The number of halogens is 1. The Balaban J connectivity index is 1.95. The van der Waals surface area contributed by atoms with Gasteiger partial charge in [-0.3, -0.25) is 14.9 Å². The van der Waals surface area contributed by atoms with Crippen molar-refractivity contribution >= 4 is 29.4 Å². The van der Waals surface area contributed by atoms with Gasteiger partial charge in [-0.25, -0.2) is 5.43 Å². The van der Waals surface area contributed by atoms with Crippen LogP contribution in [0.25, 0.3) is 0 Å². The molecule has 1 N–H and O–H groups in total. The number of hydrogen-bond acceptors (Lipinski definition) is 5. The first-order valence-corrected chi connectivity index (χ1v) is 7.68. The van der Waals surface area contributed by atoms with Crippen molar-refractivity contribution in [2.45, 2.75) is 19.4 Å². The molecule has 0 aliphatic carbocycles. The maximum atomic E-state index is 12.2. The molecule has 0 fully saturated rings. The van der Waals surface area contributed by atoms with Gasteiger partial charge >= 0.3 is 0 Å². The third-order valence-corrected chi connectivity index (χ3v) is 3.47. The van der Waals surface area contributed by atoms with Gasteiger partial charge in [-0.05, 0) is 55.8 Å². The Morgan fingerprint density at radius 3 is 2.36 bits per heavy atom. The SMILES string of the molecule is CC(C)(Oc1ccc(Cl)cc1)C(=O)NN=Cc1ccc([N+](=O)[O-])cc1. The van der Waals surface area contributed by atoms with E-state index in [4.69, 9.17) is 16.3 Å².